The van der Waals surface area contributed by atoms with Gasteiger partial charge in [-0.05, 0) is 66.4 Å². The summed E-state index contributed by atoms with van der Waals surface area (Å²) in [6.45, 7) is 0. The maximum atomic E-state index is 11.9. The molecule has 0 bridgehead atoms. The Morgan fingerprint density at radius 3 is 2.39 bits per heavy atom. The van der Waals surface area contributed by atoms with Crippen LogP contribution < -0.4 is 5.32 Å². The van der Waals surface area contributed by atoms with Crippen LogP contribution in [-0.2, 0) is 0 Å². The van der Waals surface area contributed by atoms with Crippen LogP contribution in [0.3, 0.4) is 0 Å². The lowest BCUT2D eigenvalue weighted by atomic mass is 10.2. The molecule has 140 valence electrons. The molecular weight excluding hydrogens is 439 g/mol. The van der Waals surface area contributed by atoms with Crippen LogP contribution in [0, 0.1) is 0 Å². The number of nitrogens with one attached hydrogen (secondary N) is 1. The maximum absolute atomic E-state index is 11.9. The van der Waals surface area contributed by atoms with Gasteiger partial charge in [-0.15, -0.1) is 0 Å². The number of hydrogen-bond acceptors (Lipinski definition) is 4. The van der Waals surface area contributed by atoms with Crippen molar-refractivity contribution in [2.24, 2.45) is 4.99 Å². The molecule has 0 unspecified atom stereocenters. The van der Waals surface area contributed by atoms with Crippen LogP contribution in [0.5, 0.6) is 0 Å². The number of hydrogen-bond donors (Lipinski definition) is 1. The minimum absolute atomic E-state index is 0.208. The van der Waals surface area contributed by atoms with E-state index in [1.165, 1.54) is 0 Å². The van der Waals surface area contributed by atoms with Crippen molar-refractivity contribution in [3.05, 3.63) is 80.3 Å². The zero-order valence-electron chi connectivity index (χ0n) is 14.1. The Morgan fingerprint density at radius 2 is 1.68 bits per heavy atom. The van der Waals surface area contributed by atoms with Crippen molar-refractivity contribution < 1.29 is 9.21 Å². The Morgan fingerprint density at radius 1 is 0.964 bits per heavy atom. The van der Waals surface area contributed by atoms with Crippen molar-refractivity contribution in [3.8, 4) is 11.3 Å². The van der Waals surface area contributed by atoms with Crippen molar-refractivity contribution in [1.82, 2.24) is 5.32 Å². The number of thioether (sulfide) groups is 1. The van der Waals surface area contributed by atoms with E-state index in [0.717, 1.165) is 11.8 Å². The largest absolute Gasteiger partial charge is 0.457 e. The summed E-state index contributed by atoms with van der Waals surface area (Å²) in [5.74, 6) is 1.54. The Hall–Kier alpha value is -2.18. The molecule has 0 spiro atoms. The second-order valence-electron chi connectivity index (χ2n) is 5.76. The van der Waals surface area contributed by atoms with Crippen molar-refractivity contribution >= 4 is 69.4 Å². The van der Waals surface area contributed by atoms with Gasteiger partial charge < -0.3 is 9.73 Å². The predicted molar refractivity (Wildman–Crippen MR) is 117 cm³/mol. The average molecular weight is 450 g/mol. The summed E-state index contributed by atoms with van der Waals surface area (Å²) < 4.78 is 5.87. The van der Waals surface area contributed by atoms with Crippen LogP contribution in [0.15, 0.2) is 68.9 Å². The third kappa shape index (κ3) is 4.13. The number of nitrogens with zero attached hydrogens (tertiary/aromatic N) is 1. The molecule has 2 heterocycles. The summed E-state index contributed by atoms with van der Waals surface area (Å²) in [7, 11) is 0. The van der Waals surface area contributed by atoms with Gasteiger partial charge in [0.05, 0.1) is 26.2 Å². The number of amidine groups is 1. The van der Waals surface area contributed by atoms with Crippen molar-refractivity contribution in [2.45, 2.75) is 0 Å². The van der Waals surface area contributed by atoms with Gasteiger partial charge in [0.25, 0.3) is 5.24 Å². The summed E-state index contributed by atoms with van der Waals surface area (Å²) in [5, 5.41) is 4.14. The first-order chi connectivity index (χ1) is 13.5. The van der Waals surface area contributed by atoms with Gasteiger partial charge in [0, 0.05) is 5.02 Å². The van der Waals surface area contributed by atoms with Gasteiger partial charge in [0.15, 0.2) is 0 Å². The number of carbonyl (C=O) groups excluding carboxylic acids is 1. The number of furan rings is 1. The Balaban J connectivity index is 1.67. The molecule has 1 aliphatic heterocycles. The molecule has 4 nitrogen and oxygen atoms in total. The minimum Gasteiger partial charge on any atom is -0.457 e. The van der Waals surface area contributed by atoms with E-state index in [2.05, 4.69) is 10.3 Å². The van der Waals surface area contributed by atoms with Crippen molar-refractivity contribution in [3.63, 3.8) is 0 Å². The van der Waals surface area contributed by atoms with Crippen LogP contribution in [0.1, 0.15) is 5.76 Å². The monoisotopic (exact) mass is 448 g/mol. The molecule has 4 rings (SSSR count). The lowest BCUT2D eigenvalue weighted by Gasteiger charge is -2.03. The molecule has 1 amide bonds. The highest BCUT2D eigenvalue weighted by Gasteiger charge is 2.24. The third-order valence-corrected chi connectivity index (χ3v) is 5.53. The topological polar surface area (TPSA) is 54.6 Å². The summed E-state index contributed by atoms with van der Waals surface area (Å²) in [6.07, 6.45) is 1.74. The third-order valence-electron chi connectivity index (χ3n) is 3.83. The standard InChI is InChI=1S/C20H11Cl3N2O2S/c21-11-4-6-12(7-5-11)24-19-17(28-20(26)25-19)10-13-8-9-16(27-13)18-14(22)2-1-3-15(18)23/h1-10H,(H,24,25,26)/b17-10-. The van der Waals surface area contributed by atoms with Gasteiger partial charge in [0.2, 0.25) is 0 Å². The summed E-state index contributed by atoms with van der Waals surface area (Å²) in [4.78, 5) is 17.0. The quantitative estimate of drug-likeness (QED) is 0.452. The van der Waals surface area contributed by atoms with E-state index in [0.29, 0.717) is 48.6 Å². The summed E-state index contributed by atoms with van der Waals surface area (Å²) in [6, 6.07) is 15.8. The fraction of sp³-hybridized carbons (Fsp3) is 0. The molecule has 1 aliphatic rings. The number of benzene rings is 2. The van der Waals surface area contributed by atoms with Crippen LogP contribution in [-0.4, -0.2) is 11.1 Å². The maximum Gasteiger partial charge on any atom is 0.289 e. The second-order valence-corrected chi connectivity index (χ2v) is 8.02. The molecule has 8 heteroatoms. The molecule has 1 fully saturated rings. The highest BCUT2D eigenvalue weighted by molar-refractivity contribution is 8.18. The van der Waals surface area contributed by atoms with E-state index in [9.17, 15) is 4.79 Å². The zero-order valence-corrected chi connectivity index (χ0v) is 17.2. The van der Waals surface area contributed by atoms with Crippen LogP contribution in [0.2, 0.25) is 15.1 Å². The Kier molecular flexibility index (Phi) is 5.51. The van der Waals surface area contributed by atoms with Crippen LogP contribution in [0.25, 0.3) is 17.4 Å². The molecule has 2 aromatic carbocycles. The number of aliphatic imine (C=N–C) groups is 1. The molecule has 0 aliphatic carbocycles. The van der Waals surface area contributed by atoms with E-state index >= 15 is 0 Å². The van der Waals surface area contributed by atoms with Crippen LogP contribution >= 0.6 is 46.6 Å². The highest BCUT2D eigenvalue weighted by atomic mass is 35.5. The predicted octanol–water partition coefficient (Wildman–Crippen LogP) is 7.43. The molecule has 1 aromatic heterocycles. The van der Waals surface area contributed by atoms with Gasteiger partial charge in [-0.25, -0.2) is 4.99 Å². The molecular formula is C20H11Cl3N2O2S. The number of rotatable bonds is 3. The fourth-order valence-corrected chi connectivity index (χ4v) is 4.01. The van der Waals surface area contributed by atoms with Gasteiger partial charge in [-0.1, -0.05) is 40.9 Å². The molecule has 0 radical (unpaired) electrons. The smallest absolute Gasteiger partial charge is 0.289 e. The molecule has 3 aromatic rings. The first-order valence-electron chi connectivity index (χ1n) is 8.09. The van der Waals surface area contributed by atoms with Gasteiger partial charge in [0.1, 0.15) is 17.4 Å². The normalized spacial score (nSPS) is 16.8. The second kappa shape index (κ2) is 8.05. The van der Waals surface area contributed by atoms with Gasteiger partial charge in [-0.3, -0.25) is 4.79 Å². The Bertz CT molecular complexity index is 1100. The number of halogens is 3. The van der Waals surface area contributed by atoms with Crippen molar-refractivity contribution in [1.29, 1.82) is 0 Å². The first kappa shape index (κ1) is 19.2. The van der Waals surface area contributed by atoms with Gasteiger partial charge in [-0.2, -0.15) is 0 Å². The molecule has 0 atom stereocenters. The summed E-state index contributed by atoms with van der Waals surface area (Å²) >= 11 is 19.4. The number of carbonyl (C=O) groups is 1. The fourth-order valence-electron chi connectivity index (χ4n) is 2.58. The molecule has 28 heavy (non-hydrogen) atoms. The SMILES string of the molecule is O=C1NC(=Nc2ccc(Cl)cc2)/C(=C/c2ccc(-c3c(Cl)cccc3Cl)o2)S1. The van der Waals surface area contributed by atoms with Crippen molar-refractivity contribution in [2.75, 3.05) is 0 Å². The van der Waals surface area contributed by atoms with Gasteiger partial charge >= 0.3 is 0 Å². The van der Waals surface area contributed by atoms with E-state index < -0.39 is 0 Å². The van der Waals surface area contributed by atoms with E-state index in [1.54, 1.807) is 60.7 Å². The lowest BCUT2D eigenvalue weighted by Crippen LogP contribution is -2.18. The average Bonchev–Trinajstić information content (AvgIpc) is 3.24. The zero-order chi connectivity index (χ0) is 19.7. The van der Waals surface area contributed by atoms with E-state index in [1.807, 2.05) is 0 Å². The number of amides is 1. The van der Waals surface area contributed by atoms with Crippen LogP contribution in [0.4, 0.5) is 10.5 Å². The lowest BCUT2D eigenvalue weighted by molar-refractivity contribution is 0.265. The minimum atomic E-state index is -0.208. The van der Waals surface area contributed by atoms with E-state index in [-0.39, 0.29) is 5.24 Å². The highest BCUT2D eigenvalue weighted by Crippen LogP contribution is 2.36. The van der Waals surface area contributed by atoms with E-state index in [4.69, 9.17) is 39.2 Å². The summed E-state index contributed by atoms with van der Waals surface area (Å²) in [5.41, 5.74) is 1.30. The molecule has 1 saturated heterocycles. The Labute approximate surface area is 180 Å². The first-order valence-corrected chi connectivity index (χ1v) is 10.0. The molecule has 1 N–H and O–H groups in total. The molecule has 0 saturated carbocycles.